The maximum Gasteiger partial charge on any atom is 0.336 e. The molecule has 114 valence electrons. The van der Waals surface area contributed by atoms with Gasteiger partial charge in [0.2, 0.25) is 5.91 Å². The molecule has 0 saturated carbocycles. The molecule has 0 fully saturated rings. The Bertz CT molecular complexity index is 543. The quantitative estimate of drug-likeness (QED) is 0.634. The van der Waals surface area contributed by atoms with Crippen molar-refractivity contribution in [2.24, 2.45) is 0 Å². The maximum atomic E-state index is 11.7. The number of anilines is 1. The summed E-state index contributed by atoms with van der Waals surface area (Å²) < 4.78 is 0. The Labute approximate surface area is 122 Å². The molecule has 0 saturated heterocycles. The standard InChI is InChI=1S/C14H19N3O4/c1-3-7-15-12(18)8-16-14(21)17-11-6-4-5-10(9(11)2)13(19)20/h4-6H,3,7-8H2,1-2H3,(H,15,18)(H,19,20)(H2,16,17,21). The SMILES string of the molecule is CCCNC(=O)CNC(=O)Nc1cccc(C(=O)O)c1C. The van der Waals surface area contributed by atoms with Gasteiger partial charge < -0.3 is 21.1 Å². The molecule has 0 aliphatic rings. The minimum Gasteiger partial charge on any atom is -0.478 e. The van der Waals surface area contributed by atoms with Gasteiger partial charge in [-0.25, -0.2) is 9.59 Å². The van der Waals surface area contributed by atoms with Crippen molar-refractivity contribution in [3.63, 3.8) is 0 Å². The second kappa shape index (κ2) is 7.88. The van der Waals surface area contributed by atoms with E-state index in [0.717, 1.165) is 6.42 Å². The van der Waals surface area contributed by atoms with E-state index < -0.39 is 12.0 Å². The first-order chi connectivity index (χ1) is 9.95. The number of benzene rings is 1. The van der Waals surface area contributed by atoms with Crippen molar-refractivity contribution in [1.29, 1.82) is 0 Å². The fourth-order valence-corrected chi connectivity index (χ4v) is 1.66. The molecule has 0 aromatic heterocycles. The summed E-state index contributed by atoms with van der Waals surface area (Å²) in [5.74, 6) is -1.33. The van der Waals surface area contributed by atoms with Crippen LogP contribution in [-0.4, -0.2) is 36.1 Å². The number of carboxylic acid groups (broad SMARTS) is 1. The van der Waals surface area contributed by atoms with Crippen molar-refractivity contribution in [2.75, 3.05) is 18.4 Å². The van der Waals surface area contributed by atoms with Crippen LogP contribution in [0.25, 0.3) is 0 Å². The molecular formula is C14H19N3O4. The highest BCUT2D eigenvalue weighted by Crippen LogP contribution is 2.18. The van der Waals surface area contributed by atoms with E-state index >= 15 is 0 Å². The molecule has 1 aromatic rings. The fraction of sp³-hybridized carbons (Fsp3) is 0.357. The predicted molar refractivity (Wildman–Crippen MR) is 78.5 cm³/mol. The summed E-state index contributed by atoms with van der Waals surface area (Å²) in [6, 6.07) is 4.03. The van der Waals surface area contributed by atoms with Crippen LogP contribution in [0.1, 0.15) is 29.3 Å². The summed E-state index contributed by atoms with van der Waals surface area (Å²) in [5.41, 5.74) is 0.963. The lowest BCUT2D eigenvalue weighted by Crippen LogP contribution is -2.39. The Morgan fingerprint density at radius 2 is 1.90 bits per heavy atom. The van der Waals surface area contributed by atoms with Gasteiger partial charge in [0.05, 0.1) is 12.1 Å². The summed E-state index contributed by atoms with van der Waals surface area (Å²) >= 11 is 0. The average molecular weight is 293 g/mol. The number of urea groups is 1. The molecule has 7 nitrogen and oxygen atoms in total. The third-order valence-corrected chi connectivity index (χ3v) is 2.79. The van der Waals surface area contributed by atoms with Crippen molar-refractivity contribution >= 4 is 23.6 Å². The van der Waals surface area contributed by atoms with E-state index in [-0.39, 0.29) is 18.0 Å². The van der Waals surface area contributed by atoms with Crippen LogP contribution in [-0.2, 0) is 4.79 Å². The first-order valence-corrected chi connectivity index (χ1v) is 6.60. The molecule has 0 bridgehead atoms. The molecular weight excluding hydrogens is 274 g/mol. The van der Waals surface area contributed by atoms with Gasteiger partial charge in [0.15, 0.2) is 0 Å². The van der Waals surface area contributed by atoms with E-state index in [1.165, 1.54) is 6.07 Å². The first-order valence-electron chi connectivity index (χ1n) is 6.60. The fourth-order valence-electron chi connectivity index (χ4n) is 1.66. The molecule has 0 aliphatic heterocycles. The van der Waals surface area contributed by atoms with Crippen LogP contribution < -0.4 is 16.0 Å². The number of amides is 3. The number of aromatic carboxylic acids is 1. The molecule has 0 atom stereocenters. The van der Waals surface area contributed by atoms with E-state index in [0.29, 0.717) is 17.8 Å². The second-order valence-corrected chi connectivity index (χ2v) is 4.44. The maximum absolute atomic E-state index is 11.7. The Balaban J connectivity index is 2.58. The molecule has 1 aromatic carbocycles. The van der Waals surface area contributed by atoms with E-state index in [1.54, 1.807) is 19.1 Å². The number of nitrogens with one attached hydrogen (secondary N) is 3. The van der Waals surface area contributed by atoms with E-state index in [9.17, 15) is 14.4 Å². The van der Waals surface area contributed by atoms with Crippen LogP contribution in [0, 0.1) is 6.92 Å². The number of hydrogen-bond acceptors (Lipinski definition) is 3. The minimum atomic E-state index is -1.06. The Hall–Kier alpha value is -2.57. The van der Waals surface area contributed by atoms with Crippen molar-refractivity contribution in [3.05, 3.63) is 29.3 Å². The van der Waals surface area contributed by atoms with Crippen LogP contribution in [0.2, 0.25) is 0 Å². The zero-order chi connectivity index (χ0) is 15.8. The Morgan fingerprint density at radius 1 is 1.19 bits per heavy atom. The lowest BCUT2D eigenvalue weighted by molar-refractivity contribution is -0.120. The molecule has 0 aliphatic carbocycles. The van der Waals surface area contributed by atoms with E-state index in [2.05, 4.69) is 16.0 Å². The Morgan fingerprint density at radius 3 is 2.52 bits per heavy atom. The number of hydrogen-bond donors (Lipinski definition) is 4. The van der Waals surface area contributed by atoms with Crippen molar-refractivity contribution in [3.8, 4) is 0 Å². The van der Waals surface area contributed by atoms with Gasteiger partial charge in [-0.05, 0) is 31.0 Å². The highest BCUT2D eigenvalue weighted by molar-refractivity contribution is 5.96. The molecule has 21 heavy (non-hydrogen) atoms. The molecule has 0 heterocycles. The number of carboxylic acids is 1. The number of rotatable bonds is 6. The van der Waals surface area contributed by atoms with Crippen LogP contribution in [0.4, 0.5) is 10.5 Å². The normalized spacial score (nSPS) is 9.81. The van der Waals surface area contributed by atoms with Gasteiger partial charge in [-0.3, -0.25) is 4.79 Å². The molecule has 0 radical (unpaired) electrons. The highest BCUT2D eigenvalue weighted by atomic mass is 16.4. The molecule has 3 amide bonds. The van der Waals surface area contributed by atoms with Crippen LogP contribution in [0.3, 0.4) is 0 Å². The van der Waals surface area contributed by atoms with Crippen LogP contribution >= 0.6 is 0 Å². The monoisotopic (exact) mass is 293 g/mol. The van der Waals surface area contributed by atoms with Crippen molar-refractivity contribution in [2.45, 2.75) is 20.3 Å². The molecule has 1 rings (SSSR count). The first kappa shape index (κ1) is 16.5. The molecule has 0 unspecified atom stereocenters. The van der Waals surface area contributed by atoms with Crippen LogP contribution in [0.15, 0.2) is 18.2 Å². The third-order valence-electron chi connectivity index (χ3n) is 2.79. The minimum absolute atomic E-state index is 0.119. The Kier molecular flexibility index (Phi) is 6.19. The summed E-state index contributed by atoms with van der Waals surface area (Å²) in [5, 5.41) is 16.6. The van der Waals surface area contributed by atoms with Gasteiger partial charge in [-0.15, -0.1) is 0 Å². The van der Waals surface area contributed by atoms with Gasteiger partial charge >= 0.3 is 12.0 Å². The average Bonchev–Trinajstić information content (AvgIpc) is 2.44. The van der Waals surface area contributed by atoms with E-state index in [4.69, 9.17) is 5.11 Å². The van der Waals surface area contributed by atoms with Crippen molar-refractivity contribution in [1.82, 2.24) is 10.6 Å². The number of carbonyl (C=O) groups excluding carboxylic acids is 2. The zero-order valence-corrected chi connectivity index (χ0v) is 12.0. The van der Waals surface area contributed by atoms with Gasteiger partial charge in [0, 0.05) is 12.2 Å². The predicted octanol–water partition coefficient (Wildman–Crippen LogP) is 1.34. The molecule has 4 N–H and O–H groups in total. The smallest absolute Gasteiger partial charge is 0.336 e. The van der Waals surface area contributed by atoms with Gasteiger partial charge in [-0.1, -0.05) is 13.0 Å². The van der Waals surface area contributed by atoms with Crippen LogP contribution in [0.5, 0.6) is 0 Å². The number of carbonyl (C=O) groups is 3. The largest absolute Gasteiger partial charge is 0.478 e. The zero-order valence-electron chi connectivity index (χ0n) is 12.0. The van der Waals surface area contributed by atoms with Crippen molar-refractivity contribution < 1.29 is 19.5 Å². The molecule has 0 spiro atoms. The topological polar surface area (TPSA) is 108 Å². The summed E-state index contributed by atoms with van der Waals surface area (Å²) in [7, 11) is 0. The lowest BCUT2D eigenvalue weighted by atomic mass is 10.1. The second-order valence-electron chi connectivity index (χ2n) is 4.44. The third kappa shape index (κ3) is 5.13. The van der Waals surface area contributed by atoms with Gasteiger partial charge in [0.25, 0.3) is 0 Å². The summed E-state index contributed by atoms with van der Waals surface area (Å²) in [6.07, 6.45) is 0.819. The van der Waals surface area contributed by atoms with E-state index in [1.807, 2.05) is 6.92 Å². The lowest BCUT2D eigenvalue weighted by Gasteiger charge is -2.11. The summed E-state index contributed by atoms with van der Waals surface area (Å²) in [4.78, 5) is 34.0. The molecule has 7 heteroatoms. The van der Waals surface area contributed by atoms with Gasteiger partial charge in [-0.2, -0.15) is 0 Å². The summed E-state index contributed by atoms with van der Waals surface area (Å²) in [6.45, 7) is 3.96. The highest BCUT2D eigenvalue weighted by Gasteiger charge is 2.12. The van der Waals surface area contributed by atoms with Gasteiger partial charge in [0.1, 0.15) is 0 Å².